The van der Waals surface area contributed by atoms with Crippen LogP contribution in [-0.2, 0) is 14.3 Å². The normalized spacial score (nSPS) is 24.7. The minimum atomic E-state index is -0.0435. The number of methoxy groups -OCH3 is 1. The van der Waals surface area contributed by atoms with Gasteiger partial charge in [-0.2, -0.15) is 0 Å². The van der Waals surface area contributed by atoms with E-state index in [1.807, 2.05) is 0 Å². The van der Waals surface area contributed by atoms with E-state index in [1.165, 1.54) is 82.7 Å². The van der Waals surface area contributed by atoms with Crippen molar-refractivity contribution in [3.63, 3.8) is 0 Å². The summed E-state index contributed by atoms with van der Waals surface area (Å²) in [5, 5.41) is 30.9. The third-order valence-electron chi connectivity index (χ3n) is 18.5. The van der Waals surface area contributed by atoms with Crippen molar-refractivity contribution in [1.82, 2.24) is 5.32 Å². The average molecular weight is 1090 g/mol. The van der Waals surface area contributed by atoms with Gasteiger partial charge in [0.2, 0.25) is 0 Å². The SMILES string of the molecule is C=C1CC(C(C)(C)C)CCN1.CC(C)(C)C1CCC(=O)CC1.CC(C)(C)C1CCC(O)CC1.CC(C)(C)C1CCOCC1.CC1CC(O)CC(C(C)(C)C)C1.CCCC(CCO)C(C)C.CCCCC(CCOC)C(C)C. The lowest BCUT2D eigenvalue weighted by Crippen LogP contribution is -2.32. The smallest absolute Gasteiger partial charge is 0.132 e. The number of unbranched alkanes of at least 4 members (excludes halogenated alkanes) is 1. The molecule has 0 aromatic carbocycles. The number of aliphatic hydroxyl groups excluding tert-OH is 3. The van der Waals surface area contributed by atoms with Crippen molar-refractivity contribution >= 4 is 5.78 Å². The van der Waals surface area contributed by atoms with E-state index in [4.69, 9.17) is 14.6 Å². The molecule has 6 unspecified atom stereocenters. The number of piperidine rings is 1. The fourth-order valence-corrected chi connectivity index (χ4v) is 12.1. The largest absolute Gasteiger partial charge is 0.396 e. The van der Waals surface area contributed by atoms with Gasteiger partial charge in [0.05, 0.1) is 12.2 Å². The number of carbonyl (C=O) groups excluding carboxylic acids is 1. The first-order valence-corrected chi connectivity index (χ1v) is 32.4. The van der Waals surface area contributed by atoms with Crippen molar-refractivity contribution in [2.75, 3.05) is 40.1 Å². The Kier molecular flexibility index (Phi) is 40.8. The number of nitrogens with one attached hydrogen (secondary N) is 1. The van der Waals surface area contributed by atoms with Crippen LogP contribution in [0.5, 0.6) is 0 Å². The lowest BCUT2D eigenvalue weighted by molar-refractivity contribution is -0.121. The molecule has 462 valence electrons. The lowest BCUT2D eigenvalue weighted by Gasteiger charge is -2.38. The number of carbonyl (C=O) groups is 1. The molecular formula is C70H141NO6. The molecule has 0 spiro atoms. The summed E-state index contributed by atoms with van der Waals surface area (Å²) in [6, 6.07) is 0. The van der Waals surface area contributed by atoms with E-state index in [0.29, 0.717) is 51.3 Å². The molecule has 0 aromatic heterocycles. The standard InChI is InChI=1S/C11H22O.C11H24O.C10H19N.C10H20O.C10H18O.C9H18O.C9H20O/c1-8-5-9(11(2,3)4)7-10(12)6-8;1-5-6-7-11(10(2)3)8-9-12-4;1-8-7-9(5-6-11-8)10(2,3)4;2*1-10(2,3)8-4-6-9(11)7-5-8;1-9(2,3)8-4-6-10-7-5-8;1-4-5-9(6-7-10)8(2)3/h8-10,12H,5-7H2,1-4H3;10-11H,5-9H2,1-4H3;9,11H,1,5-7H2,2-4H3;8-9,11H,4-7H2,1-3H3;8H,4-7H2,1-3H3;8H,4-7H2,1-3H3;8-10H,4-7H2,1-3H3. The molecule has 7 nitrogen and oxygen atoms in total. The molecule has 7 heteroatoms. The highest BCUT2D eigenvalue weighted by atomic mass is 16.5. The Morgan fingerprint density at radius 3 is 1.39 bits per heavy atom. The van der Waals surface area contributed by atoms with Crippen molar-refractivity contribution in [3.05, 3.63) is 12.3 Å². The molecule has 3 aliphatic carbocycles. The van der Waals surface area contributed by atoms with Crippen molar-refractivity contribution in [1.29, 1.82) is 0 Å². The van der Waals surface area contributed by atoms with Crippen LogP contribution < -0.4 is 5.32 Å². The van der Waals surface area contributed by atoms with Crippen LogP contribution in [0.15, 0.2) is 12.3 Å². The predicted molar refractivity (Wildman–Crippen MR) is 337 cm³/mol. The molecule has 2 aliphatic heterocycles. The van der Waals surface area contributed by atoms with E-state index in [0.717, 1.165) is 138 Å². The Morgan fingerprint density at radius 1 is 0.571 bits per heavy atom. The van der Waals surface area contributed by atoms with E-state index in [9.17, 15) is 15.0 Å². The van der Waals surface area contributed by atoms with Crippen LogP contribution in [0.4, 0.5) is 0 Å². The number of hydrogen-bond donors (Lipinski definition) is 4. The molecule has 0 bridgehead atoms. The summed E-state index contributed by atoms with van der Waals surface area (Å²) >= 11 is 0. The third kappa shape index (κ3) is 39.2. The van der Waals surface area contributed by atoms with E-state index < -0.39 is 0 Å². The highest BCUT2D eigenvalue weighted by molar-refractivity contribution is 5.79. The molecule has 5 fully saturated rings. The van der Waals surface area contributed by atoms with Crippen molar-refractivity contribution in [2.24, 2.45) is 86.3 Å². The van der Waals surface area contributed by atoms with Crippen LogP contribution in [0, 0.1) is 86.3 Å². The maximum Gasteiger partial charge on any atom is 0.132 e. The van der Waals surface area contributed by atoms with E-state index in [-0.39, 0.29) is 12.2 Å². The van der Waals surface area contributed by atoms with Crippen molar-refractivity contribution < 1.29 is 29.6 Å². The first kappa shape index (κ1) is 78.1. The Balaban J connectivity index is 0. The van der Waals surface area contributed by atoms with Crippen molar-refractivity contribution in [3.8, 4) is 0 Å². The second-order valence-electron chi connectivity index (χ2n) is 31.2. The van der Waals surface area contributed by atoms with Gasteiger partial charge in [-0.15, -0.1) is 0 Å². The van der Waals surface area contributed by atoms with Gasteiger partial charge in [0, 0.05) is 58.6 Å². The molecule has 5 rings (SSSR count). The maximum absolute atomic E-state index is 10.9. The van der Waals surface area contributed by atoms with Crippen LogP contribution >= 0.6 is 0 Å². The molecular weight excluding hydrogens is 951 g/mol. The number of Topliss-reactive ketones (excluding diaryl/α,β-unsaturated/α-hetero) is 1. The quantitative estimate of drug-likeness (QED) is 0.154. The van der Waals surface area contributed by atoms with Gasteiger partial charge in [0.15, 0.2) is 0 Å². The van der Waals surface area contributed by atoms with E-state index >= 15 is 0 Å². The molecule has 0 aromatic rings. The molecule has 77 heavy (non-hydrogen) atoms. The fourth-order valence-electron chi connectivity index (χ4n) is 12.1. The zero-order chi connectivity index (χ0) is 59.8. The minimum absolute atomic E-state index is 0.00593. The Hall–Kier alpha value is -0.990. The van der Waals surface area contributed by atoms with Crippen LogP contribution in [0.25, 0.3) is 0 Å². The molecule has 6 atom stereocenters. The monoisotopic (exact) mass is 1090 g/mol. The summed E-state index contributed by atoms with van der Waals surface area (Å²) in [4.78, 5) is 10.9. The molecule has 0 amide bonds. The van der Waals surface area contributed by atoms with Gasteiger partial charge >= 0.3 is 0 Å². The van der Waals surface area contributed by atoms with E-state index in [2.05, 4.69) is 164 Å². The molecule has 2 saturated heterocycles. The van der Waals surface area contributed by atoms with Crippen LogP contribution in [0.1, 0.15) is 294 Å². The van der Waals surface area contributed by atoms with Gasteiger partial charge in [-0.25, -0.2) is 0 Å². The van der Waals surface area contributed by atoms with Gasteiger partial charge in [-0.3, -0.25) is 4.79 Å². The van der Waals surface area contributed by atoms with Crippen molar-refractivity contribution in [2.45, 2.75) is 306 Å². The van der Waals surface area contributed by atoms with Gasteiger partial charge in [-0.05, 0) is 183 Å². The molecule has 0 radical (unpaired) electrons. The topological polar surface area (TPSA) is 108 Å². The Bertz CT molecular complexity index is 1390. The lowest BCUT2D eigenvalue weighted by atomic mass is 9.69. The minimum Gasteiger partial charge on any atom is -0.396 e. The summed E-state index contributed by atoms with van der Waals surface area (Å²) in [6.07, 6.45) is 25.3. The first-order valence-electron chi connectivity index (χ1n) is 32.4. The Morgan fingerprint density at radius 2 is 1.03 bits per heavy atom. The van der Waals surface area contributed by atoms with Crippen LogP contribution in [0.2, 0.25) is 0 Å². The van der Waals surface area contributed by atoms with Gasteiger partial charge < -0.3 is 30.1 Å². The van der Waals surface area contributed by atoms with Crippen LogP contribution in [0.3, 0.4) is 0 Å². The number of hydrogen-bond acceptors (Lipinski definition) is 7. The molecule has 3 saturated carbocycles. The zero-order valence-corrected chi connectivity index (χ0v) is 56.3. The maximum atomic E-state index is 10.9. The first-order chi connectivity index (χ1) is 35.4. The summed E-state index contributed by atoms with van der Waals surface area (Å²) < 4.78 is 10.4. The highest BCUT2D eigenvalue weighted by Gasteiger charge is 2.33. The Labute approximate surface area is 483 Å². The molecule has 2 heterocycles. The summed E-state index contributed by atoms with van der Waals surface area (Å²) in [5.41, 5.74) is 3.38. The second kappa shape index (κ2) is 40.3. The summed E-state index contributed by atoms with van der Waals surface area (Å²) in [6.45, 7) is 58.6. The van der Waals surface area contributed by atoms with Gasteiger partial charge in [0.25, 0.3) is 0 Å². The van der Waals surface area contributed by atoms with Crippen LogP contribution in [-0.4, -0.2) is 73.4 Å². The van der Waals surface area contributed by atoms with Gasteiger partial charge in [-0.1, -0.05) is 191 Å². The number of allylic oxidation sites excluding steroid dienone is 1. The highest BCUT2D eigenvalue weighted by Crippen LogP contribution is 2.41. The van der Waals surface area contributed by atoms with E-state index in [1.54, 1.807) is 7.11 Å². The average Bonchev–Trinajstić information content (AvgIpc) is 3.31. The second-order valence-corrected chi connectivity index (χ2v) is 31.2. The summed E-state index contributed by atoms with van der Waals surface area (Å²) in [5.74, 6) is 8.29. The molecule has 5 aliphatic rings. The predicted octanol–water partition coefficient (Wildman–Crippen LogP) is 19.1. The summed E-state index contributed by atoms with van der Waals surface area (Å²) in [7, 11) is 1.79. The zero-order valence-electron chi connectivity index (χ0n) is 56.3. The number of ketones is 1. The fraction of sp³-hybridized carbons (Fsp3) is 0.957. The molecule has 4 N–H and O–H groups in total. The third-order valence-corrected chi connectivity index (χ3v) is 18.5. The number of aliphatic hydroxyl groups is 3. The number of ether oxygens (including phenoxy) is 2. The van der Waals surface area contributed by atoms with Gasteiger partial charge in [0.1, 0.15) is 5.78 Å². The number of rotatable bonds is 12.